The molecule has 1 amide bonds. The topological polar surface area (TPSA) is 80.0 Å². The molecule has 6 nitrogen and oxygen atoms in total. The summed E-state index contributed by atoms with van der Waals surface area (Å²) in [5.74, 6) is -1.75. The first kappa shape index (κ1) is 19.4. The zero-order chi connectivity index (χ0) is 19.5. The zero-order valence-corrected chi connectivity index (χ0v) is 14.0. The van der Waals surface area contributed by atoms with Gasteiger partial charge in [-0.15, -0.1) is 0 Å². The van der Waals surface area contributed by atoms with E-state index in [2.05, 4.69) is 0 Å². The fraction of sp³-hybridized carbons (Fsp3) is 0.294. The van der Waals surface area contributed by atoms with Gasteiger partial charge in [0.25, 0.3) is 5.91 Å². The number of ether oxygens (including phenoxy) is 1. The standard InChI is InChI=1S/C17H16F3NO5/c1-10-12(16(23)24)7-11(26-10)8-21(2)15(22)9-25-14-6-4-3-5-13(14)17(18,19)20/h3-7H,8-9H2,1-2H3,(H,23,24). The molecule has 1 aromatic carbocycles. The molecule has 1 aromatic heterocycles. The Kier molecular flexibility index (Phi) is 5.59. The number of hydrogen-bond donors (Lipinski definition) is 1. The first-order valence-corrected chi connectivity index (χ1v) is 7.45. The van der Waals surface area contributed by atoms with E-state index < -0.39 is 36.0 Å². The summed E-state index contributed by atoms with van der Waals surface area (Å²) in [5, 5.41) is 8.97. The normalized spacial score (nSPS) is 11.3. The molecule has 140 valence electrons. The molecule has 0 spiro atoms. The molecular formula is C17H16F3NO5. The second-order valence-electron chi connectivity index (χ2n) is 5.52. The summed E-state index contributed by atoms with van der Waals surface area (Å²) in [5.41, 5.74) is -0.987. The number of aromatic carboxylic acids is 1. The van der Waals surface area contributed by atoms with Gasteiger partial charge in [0.05, 0.1) is 12.1 Å². The van der Waals surface area contributed by atoms with Crippen LogP contribution in [-0.2, 0) is 17.5 Å². The van der Waals surface area contributed by atoms with Crippen LogP contribution in [0.2, 0.25) is 0 Å². The summed E-state index contributed by atoms with van der Waals surface area (Å²) in [7, 11) is 1.40. The van der Waals surface area contributed by atoms with Crippen molar-refractivity contribution in [2.75, 3.05) is 13.7 Å². The Morgan fingerprint density at radius 1 is 1.27 bits per heavy atom. The Morgan fingerprint density at radius 3 is 2.50 bits per heavy atom. The molecule has 26 heavy (non-hydrogen) atoms. The number of likely N-dealkylation sites (N-methyl/N-ethyl adjacent to an activating group) is 1. The molecule has 0 saturated carbocycles. The number of amides is 1. The number of rotatable bonds is 6. The van der Waals surface area contributed by atoms with E-state index in [0.717, 1.165) is 12.1 Å². The maximum Gasteiger partial charge on any atom is 0.419 e. The van der Waals surface area contributed by atoms with Crippen LogP contribution in [-0.4, -0.2) is 35.5 Å². The van der Waals surface area contributed by atoms with Gasteiger partial charge in [-0.25, -0.2) is 4.79 Å². The Morgan fingerprint density at radius 2 is 1.92 bits per heavy atom. The van der Waals surface area contributed by atoms with Crippen molar-refractivity contribution in [2.45, 2.75) is 19.6 Å². The molecule has 1 heterocycles. The predicted molar refractivity (Wildman–Crippen MR) is 83.8 cm³/mol. The van der Waals surface area contributed by atoms with Gasteiger partial charge >= 0.3 is 12.1 Å². The van der Waals surface area contributed by atoms with E-state index in [1.807, 2.05) is 0 Å². The van der Waals surface area contributed by atoms with Crippen molar-refractivity contribution < 1.29 is 37.0 Å². The lowest BCUT2D eigenvalue weighted by Crippen LogP contribution is -2.31. The Bertz CT molecular complexity index is 813. The summed E-state index contributed by atoms with van der Waals surface area (Å²) < 4.78 is 48.9. The van der Waals surface area contributed by atoms with E-state index in [-0.39, 0.29) is 23.6 Å². The fourth-order valence-corrected chi connectivity index (χ4v) is 2.23. The second kappa shape index (κ2) is 7.51. The highest BCUT2D eigenvalue weighted by Crippen LogP contribution is 2.35. The summed E-state index contributed by atoms with van der Waals surface area (Å²) in [6, 6.07) is 5.88. The van der Waals surface area contributed by atoms with Crippen LogP contribution in [0.5, 0.6) is 5.75 Å². The summed E-state index contributed by atoms with van der Waals surface area (Å²) in [6.45, 7) is 0.832. The van der Waals surface area contributed by atoms with E-state index in [1.165, 1.54) is 37.1 Å². The van der Waals surface area contributed by atoms with Crippen molar-refractivity contribution >= 4 is 11.9 Å². The van der Waals surface area contributed by atoms with Gasteiger partial charge < -0.3 is 19.2 Å². The minimum Gasteiger partial charge on any atom is -0.483 e. The summed E-state index contributed by atoms with van der Waals surface area (Å²) in [4.78, 5) is 24.2. The van der Waals surface area contributed by atoms with Crippen LogP contribution >= 0.6 is 0 Å². The molecule has 0 aliphatic heterocycles. The molecule has 0 aliphatic rings. The van der Waals surface area contributed by atoms with Crippen LogP contribution in [0.15, 0.2) is 34.7 Å². The molecule has 0 atom stereocenters. The Hall–Kier alpha value is -2.97. The quantitative estimate of drug-likeness (QED) is 0.842. The van der Waals surface area contributed by atoms with Gasteiger partial charge in [-0.3, -0.25) is 4.79 Å². The molecule has 2 rings (SSSR count). The zero-order valence-electron chi connectivity index (χ0n) is 14.0. The third-order valence-corrected chi connectivity index (χ3v) is 3.56. The molecule has 0 aliphatic carbocycles. The van der Waals surface area contributed by atoms with Gasteiger partial charge in [0.1, 0.15) is 22.8 Å². The number of carboxylic acid groups (broad SMARTS) is 1. The highest BCUT2D eigenvalue weighted by molar-refractivity contribution is 5.88. The number of alkyl halides is 3. The number of hydrogen-bond acceptors (Lipinski definition) is 4. The number of halogens is 3. The number of nitrogens with zero attached hydrogens (tertiary/aromatic N) is 1. The van der Waals surface area contributed by atoms with E-state index in [4.69, 9.17) is 14.3 Å². The minimum absolute atomic E-state index is 0.0174. The number of benzene rings is 1. The first-order chi connectivity index (χ1) is 12.1. The third-order valence-electron chi connectivity index (χ3n) is 3.56. The molecule has 0 saturated heterocycles. The van der Waals surface area contributed by atoms with Crippen molar-refractivity contribution in [1.29, 1.82) is 0 Å². The van der Waals surface area contributed by atoms with Crippen molar-refractivity contribution in [2.24, 2.45) is 0 Å². The highest BCUT2D eigenvalue weighted by atomic mass is 19.4. The number of aryl methyl sites for hydroxylation is 1. The average Bonchev–Trinajstić information content (AvgIpc) is 2.92. The smallest absolute Gasteiger partial charge is 0.419 e. The second-order valence-corrected chi connectivity index (χ2v) is 5.52. The van der Waals surface area contributed by atoms with Crippen molar-refractivity contribution in [3.63, 3.8) is 0 Å². The lowest BCUT2D eigenvalue weighted by atomic mass is 10.2. The van der Waals surface area contributed by atoms with Gasteiger partial charge in [-0.05, 0) is 25.1 Å². The van der Waals surface area contributed by atoms with Gasteiger partial charge in [0.15, 0.2) is 6.61 Å². The maximum atomic E-state index is 12.9. The number of carbonyl (C=O) groups is 2. The van der Waals surface area contributed by atoms with Crippen LogP contribution in [0, 0.1) is 6.92 Å². The lowest BCUT2D eigenvalue weighted by molar-refractivity contribution is -0.140. The van der Waals surface area contributed by atoms with Crippen LogP contribution < -0.4 is 4.74 Å². The molecule has 1 N–H and O–H groups in total. The van der Waals surface area contributed by atoms with E-state index >= 15 is 0 Å². The van der Waals surface area contributed by atoms with Crippen molar-refractivity contribution in [3.8, 4) is 5.75 Å². The largest absolute Gasteiger partial charge is 0.483 e. The molecular weight excluding hydrogens is 355 g/mol. The van der Waals surface area contributed by atoms with Gasteiger partial charge in [0, 0.05) is 7.05 Å². The highest BCUT2D eigenvalue weighted by Gasteiger charge is 2.34. The van der Waals surface area contributed by atoms with Gasteiger partial charge in [0.2, 0.25) is 0 Å². The van der Waals surface area contributed by atoms with E-state index in [9.17, 15) is 22.8 Å². The minimum atomic E-state index is -4.59. The number of para-hydroxylation sites is 1. The molecule has 9 heteroatoms. The fourth-order valence-electron chi connectivity index (χ4n) is 2.23. The van der Waals surface area contributed by atoms with Crippen molar-refractivity contribution in [3.05, 3.63) is 53.0 Å². The summed E-state index contributed by atoms with van der Waals surface area (Å²) in [6.07, 6.45) is -4.59. The van der Waals surface area contributed by atoms with E-state index in [1.54, 1.807) is 0 Å². The average molecular weight is 371 g/mol. The first-order valence-electron chi connectivity index (χ1n) is 7.45. The number of carbonyl (C=O) groups excluding carboxylic acids is 1. The van der Waals surface area contributed by atoms with Crippen LogP contribution in [0.25, 0.3) is 0 Å². The molecule has 0 fully saturated rings. The van der Waals surface area contributed by atoms with Crippen LogP contribution in [0.3, 0.4) is 0 Å². The number of carboxylic acids is 1. The van der Waals surface area contributed by atoms with E-state index in [0.29, 0.717) is 0 Å². The predicted octanol–water partition coefficient (Wildman–Crippen LogP) is 3.34. The molecule has 0 radical (unpaired) electrons. The molecule has 0 unspecified atom stereocenters. The third kappa shape index (κ3) is 4.56. The summed E-state index contributed by atoms with van der Waals surface area (Å²) >= 11 is 0. The molecule has 2 aromatic rings. The monoisotopic (exact) mass is 371 g/mol. The number of furan rings is 1. The lowest BCUT2D eigenvalue weighted by Gasteiger charge is -2.17. The van der Waals surface area contributed by atoms with Crippen molar-refractivity contribution in [1.82, 2.24) is 4.90 Å². The Balaban J connectivity index is 2.00. The van der Waals surface area contributed by atoms with Crippen LogP contribution in [0.4, 0.5) is 13.2 Å². The maximum absolute atomic E-state index is 12.9. The van der Waals surface area contributed by atoms with Gasteiger partial charge in [-0.2, -0.15) is 13.2 Å². The Labute approximate surface area is 146 Å². The van der Waals surface area contributed by atoms with Crippen LogP contribution in [0.1, 0.15) is 27.4 Å². The van der Waals surface area contributed by atoms with Gasteiger partial charge in [-0.1, -0.05) is 12.1 Å². The SMILES string of the molecule is Cc1oc(CN(C)C(=O)COc2ccccc2C(F)(F)F)cc1C(=O)O. The molecule has 0 bridgehead atoms.